The van der Waals surface area contributed by atoms with E-state index in [9.17, 15) is 8.60 Å². The van der Waals surface area contributed by atoms with Gasteiger partial charge in [0.15, 0.2) is 0 Å². The molecule has 1 aromatic rings. The minimum atomic E-state index is -2.33. The van der Waals surface area contributed by atoms with Crippen molar-refractivity contribution < 1.29 is 17.3 Å². The molecule has 0 aliphatic heterocycles. The fraction of sp³-hybridized carbons (Fsp3) is 0.333. The molecule has 1 aromatic carbocycles. The van der Waals surface area contributed by atoms with Gasteiger partial charge < -0.3 is 0 Å². The highest BCUT2D eigenvalue weighted by molar-refractivity contribution is 7.74. The Kier molecular flexibility index (Phi) is 4.19. The minimum Gasteiger partial charge on any atom is -0.284 e. The van der Waals surface area contributed by atoms with E-state index in [4.69, 9.17) is 8.74 Å². The molecule has 3 nitrogen and oxygen atoms in total. The summed E-state index contributed by atoms with van der Waals surface area (Å²) in [6, 6.07) is 5.80. The standard InChI is InChI=1S/C9H11FO3S/c1-2-9(13-14(11)12)7-4-3-5-8(10)6-7/h3-6,9H,2H2,1H3,(H,11,12). The topological polar surface area (TPSA) is 46.5 Å². The van der Waals surface area contributed by atoms with Crippen LogP contribution in [0.25, 0.3) is 0 Å². The van der Waals surface area contributed by atoms with Crippen molar-refractivity contribution in [3.63, 3.8) is 0 Å². The molecule has 0 bridgehead atoms. The molecule has 5 heteroatoms. The lowest BCUT2D eigenvalue weighted by atomic mass is 10.1. The van der Waals surface area contributed by atoms with Crippen LogP contribution in [0.4, 0.5) is 4.39 Å². The molecule has 78 valence electrons. The van der Waals surface area contributed by atoms with Crippen molar-refractivity contribution in [1.82, 2.24) is 0 Å². The van der Waals surface area contributed by atoms with Gasteiger partial charge in [-0.1, -0.05) is 19.1 Å². The van der Waals surface area contributed by atoms with E-state index in [0.717, 1.165) is 0 Å². The zero-order chi connectivity index (χ0) is 10.6. The van der Waals surface area contributed by atoms with Gasteiger partial charge in [-0.05, 0) is 24.1 Å². The molecule has 1 N–H and O–H groups in total. The Hall–Kier alpha value is -0.780. The maximum atomic E-state index is 12.8. The normalized spacial score (nSPS) is 15.1. The fourth-order valence-corrected chi connectivity index (χ4v) is 1.61. The molecule has 0 saturated carbocycles. The number of halogens is 1. The molecule has 2 atom stereocenters. The molecule has 0 radical (unpaired) electrons. The van der Waals surface area contributed by atoms with Gasteiger partial charge in [-0.2, -0.15) is 4.21 Å². The quantitative estimate of drug-likeness (QED) is 0.789. The van der Waals surface area contributed by atoms with Crippen LogP contribution >= 0.6 is 0 Å². The minimum absolute atomic E-state index is 0.381. The molecule has 0 spiro atoms. The second-order valence-electron chi connectivity index (χ2n) is 2.77. The summed E-state index contributed by atoms with van der Waals surface area (Å²) in [5, 5.41) is 0. The highest BCUT2D eigenvalue weighted by Gasteiger charge is 2.13. The van der Waals surface area contributed by atoms with Crippen molar-refractivity contribution in [3.8, 4) is 0 Å². The van der Waals surface area contributed by atoms with Gasteiger partial charge in [-0.25, -0.2) is 4.39 Å². The summed E-state index contributed by atoms with van der Waals surface area (Å²) in [7, 11) is 0. The molecule has 0 aromatic heterocycles. The van der Waals surface area contributed by atoms with Crippen LogP contribution in [0.15, 0.2) is 24.3 Å². The van der Waals surface area contributed by atoms with Crippen LogP contribution in [-0.4, -0.2) is 8.76 Å². The summed E-state index contributed by atoms with van der Waals surface area (Å²) in [4.78, 5) is 0. The van der Waals surface area contributed by atoms with Crippen LogP contribution < -0.4 is 0 Å². The lowest BCUT2D eigenvalue weighted by Gasteiger charge is -2.12. The Morgan fingerprint density at radius 3 is 2.86 bits per heavy atom. The van der Waals surface area contributed by atoms with E-state index in [1.807, 2.05) is 0 Å². The maximum absolute atomic E-state index is 12.8. The average molecular weight is 218 g/mol. The van der Waals surface area contributed by atoms with E-state index in [1.54, 1.807) is 13.0 Å². The molecular weight excluding hydrogens is 207 g/mol. The number of benzene rings is 1. The van der Waals surface area contributed by atoms with Gasteiger partial charge in [0.05, 0.1) is 0 Å². The molecule has 0 heterocycles. The smallest absolute Gasteiger partial charge is 0.284 e. The lowest BCUT2D eigenvalue weighted by Crippen LogP contribution is -2.05. The van der Waals surface area contributed by atoms with Crippen LogP contribution in [0.1, 0.15) is 25.0 Å². The molecule has 0 amide bonds. The summed E-state index contributed by atoms with van der Waals surface area (Å²) in [5.74, 6) is -0.381. The van der Waals surface area contributed by atoms with Gasteiger partial charge in [0, 0.05) is 0 Å². The third kappa shape index (κ3) is 3.17. The summed E-state index contributed by atoms with van der Waals surface area (Å²) in [6.45, 7) is 1.79. The molecule has 2 unspecified atom stereocenters. The maximum Gasteiger partial charge on any atom is 0.302 e. The van der Waals surface area contributed by atoms with E-state index in [-0.39, 0.29) is 5.82 Å². The van der Waals surface area contributed by atoms with Crippen molar-refractivity contribution in [1.29, 1.82) is 0 Å². The van der Waals surface area contributed by atoms with Crippen LogP contribution in [0, 0.1) is 5.82 Å². The monoisotopic (exact) mass is 218 g/mol. The third-order valence-electron chi connectivity index (χ3n) is 1.79. The van der Waals surface area contributed by atoms with Gasteiger partial charge in [-0.3, -0.25) is 8.74 Å². The molecular formula is C9H11FO3S. The number of rotatable bonds is 4. The van der Waals surface area contributed by atoms with Crippen molar-refractivity contribution in [2.45, 2.75) is 19.4 Å². The summed E-state index contributed by atoms with van der Waals surface area (Å²) in [5.41, 5.74) is 0.565. The summed E-state index contributed by atoms with van der Waals surface area (Å²) < 4.78 is 36.5. The SMILES string of the molecule is CCC(OS(=O)O)c1cccc(F)c1. The van der Waals surface area contributed by atoms with E-state index >= 15 is 0 Å². The van der Waals surface area contributed by atoms with Crippen LogP contribution in [0.2, 0.25) is 0 Å². The van der Waals surface area contributed by atoms with Gasteiger partial charge >= 0.3 is 11.4 Å². The van der Waals surface area contributed by atoms with E-state index in [2.05, 4.69) is 0 Å². The number of hydrogen-bond donors (Lipinski definition) is 1. The van der Waals surface area contributed by atoms with E-state index in [0.29, 0.717) is 12.0 Å². The van der Waals surface area contributed by atoms with E-state index in [1.165, 1.54) is 18.2 Å². The first-order chi connectivity index (χ1) is 6.63. The largest absolute Gasteiger partial charge is 0.302 e. The average Bonchev–Trinajstić information content (AvgIpc) is 2.14. The van der Waals surface area contributed by atoms with Crippen LogP contribution in [0.5, 0.6) is 0 Å². The Bertz CT molecular complexity index is 330. The van der Waals surface area contributed by atoms with Crippen molar-refractivity contribution >= 4 is 11.4 Å². The molecule has 0 saturated heterocycles. The van der Waals surface area contributed by atoms with Crippen molar-refractivity contribution in [2.24, 2.45) is 0 Å². The first kappa shape index (κ1) is 11.3. The molecule has 0 fully saturated rings. The number of hydrogen-bond acceptors (Lipinski definition) is 2. The highest BCUT2D eigenvalue weighted by Crippen LogP contribution is 2.22. The van der Waals surface area contributed by atoms with Gasteiger partial charge in [-0.15, -0.1) is 0 Å². The van der Waals surface area contributed by atoms with E-state index < -0.39 is 17.5 Å². The molecule has 14 heavy (non-hydrogen) atoms. The zero-order valence-electron chi connectivity index (χ0n) is 7.64. The summed E-state index contributed by atoms with van der Waals surface area (Å²) in [6.07, 6.45) is -0.0352. The predicted molar refractivity (Wildman–Crippen MR) is 51.3 cm³/mol. The Morgan fingerprint density at radius 1 is 1.64 bits per heavy atom. The highest BCUT2D eigenvalue weighted by atomic mass is 32.2. The Labute approximate surface area is 84.4 Å². The second kappa shape index (κ2) is 5.19. The molecule has 0 aliphatic carbocycles. The molecule has 0 aliphatic rings. The van der Waals surface area contributed by atoms with Gasteiger partial charge in [0.2, 0.25) is 0 Å². The fourth-order valence-electron chi connectivity index (χ4n) is 1.17. The van der Waals surface area contributed by atoms with Gasteiger partial charge in [0.25, 0.3) is 0 Å². The lowest BCUT2D eigenvalue weighted by molar-refractivity contribution is 0.203. The predicted octanol–water partition coefficient (Wildman–Crippen LogP) is 2.43. The Morgan fingerprint density at radius 2 is 2.36 bits per heavy atom. The van der Waals surface area contributed by atoms with Gasteiger partial charge in [0.1, 0.15) is 11.9 Å². The molecule has 1 rings (SSSR count). The summed E-state index contributed by atoms with van der Waals surface area (Å²) >= 11 is -2.33. The second-order valence-corrected chi connectivity index (χ2v) is 3.39. The van der Waals surface area contributed by atoms with Crippen LogP contribution in [-0.2, 0) is 15.5 Å². The zero-order valence-corrected chi connectivity index (χ0v) is 8.46. The first-order valence-corrected chi connectivity index (χ1v) is 5.20. The third-order valence-corrected chi connectivity index (χ3v) is 2.19. The van der Waals surface area contributed by atoms with Crippen molar-refractivity contribution in [3.05, 3.63) is 35.6 Å². The van der Waals surface area contributed by atoms with Crippen LogP contribution in [0.3, 0.4) is 0 Å². The first-order valence-electron chi connectivity index (χ1n) is 4.17. The Balaban J connectivity index is 2.83. The van der Waals surface area contributed by atoms with Crippen molar-refractivity contribution in [2.75, 3.05) is 0 Å².